The van der Waals surface area contributed by atoms with Gasteiger partial charge in [0.05, 0.1) is 39.9 Å². The number of anilines is 1. The molecule has 0 aliphatic heterocycles. The van der Waals surface area contributed by atoms with Crippen LogP contribution in [0.25, 0.3) is 10.2 Å². The van der Waals surface area contributed by atoms with Crippen LogP contribution in [0.4, 0.5) is 11.4 Å². The van der Waals surface area contributed by atoms with Crippen molar-refractivity contribution in [2.45, 2.75) is 13.3 Å². The quantitative estimate of drug-likeness (QED) is 0.275. The predicted octanol–water partition coefficient (Wildman–Crippen LogP) is 5.45. The van der Waals surface area contributed by atoms with Gasteiger partial charge in [0, 0.05) is 18.2 Å². The van der Waals surface area contributed by atoms with E-state index >= 15 is 0 Å². The normalized spacial score (nSPS) is 10.7. The molecule has 0 saturated heterocycles. The van der Waals surface area contributed by atoms with E-state index in [1.807, 2.05) is 36.4 Å². The van der Waals surface area contributed by atoms with Crippen molar-refractivity contribution in [3.8, 4) is 11.5 Å². The van der Waals surface area contributed by atoms with Crippen LogP contribution in [-0.2, 0) is 6.42 Å². The lowest BCUT2D eigenvalue weighted by atomic mass is 10.1. The van der Waals surface area contributed by atoms with Crippen LogP contribution in [0.1, 0.15) is 27.9 Å². The molecule has 1 amide bonds. The largest absolute Gasteiger partial charge is 0.493 e. The van der Waals surface area contributed by atoms with E-state index < -0.39 is 10.8 Å². The number of benzene rings is 3. The van der Waals surface area contributed by atoms with Crippen LogP contribution < -0.4 is 14.8 Å². The smallest absolute Gasteiger partial charge is 0.286 e. The number of para-hydroxylation sites is 1. The maximum Gasteiger partial charge on any atom is 0.286 e. The number of methoxy groups -OCH3 is 1. The fraction of sp³-hybridized carbons (Fsp3) is 0.167. The first kappa shape index (κ1) is 22.2. The van der Waals surface area contributed by atoms with Crippen molar-refractivity contribution < 1.29 is 19.2 Å². The molecule has 8 nitrogen and oxygen atoms in total. The summed E-state index contributed by atoms with van der Waals surface area (Å²) in [5.41, 5.74) is 2.08. The van der Waals surface area contributed by atoms with Gasteiger partial charge in [0.25, 0.3) is 11.6 Å². The van der Waals surface area contributed by atoms with E-state index in [9.17, 15) is 14.9 Å². The van der Waals surface area contributed by atoms with Crippen LogP contribution in [0, 0.1) is 10.1 Å². The minimum Gasteiger partial charge on any atom is -0.493 e. The molecule has 33 heavy (non-hydrogen) atoms. The zero-order chi connectivity index (χ0) is 23.4. The van der Waals surface area contributed by atoms with E-state index in [1.165, 1.54) is 19.2 Å². The lowest BCUT2D eigenvalue weighted by Gasteiger charge is -2.12. The van der Waals surface area contributed by atoms with Crippen molar-refractivity contribution in [1.82, 2.24) is 4.98 Å². The first-order chi connectivity index (χ1) is 16.0. The fourth-order valence-corrected chi connectivity index (χ4v) is 4.39. The highest BCUT2D eigenvalue weighted by molar-refractivity contribution is 7.18. The van der Waals surface area contributed by atoms with Gasteiger partial charge in [-0.1, -0.05) is 24.3 Å². The molecule has 1 heterocycles. The third-order valence-corrected chi connectivity index (χ3v) is 5.96. The van der Waals surface area contributed by atoms with Crippen molar-refractivity contribution in [2.24, 2.45) is 0 Å². The number of nitro benzene ring substituents is 1. The number of aromatic nitrogens is 1. The monoisotopic (exact) mass is 463 g/mol. The number of carbonyl (C=O) groups is 1. The van der Waals surface area contributed by atoms with Crippen LogP contribution >= 0.6 is 11.3 Å². The van der Waals surface area contributed by atoms with Gasteiger partial charge in [0.1, 0.15) is 5.56 Å². The molecular formula is C24H21N3O5S. The van der Waals surface area contributed by atoms with Crippen molar-refractivity contribution >= 4 is 38.8 Å². The van der Waals surface area contributed by atoms with Gasteiger partial charge in [0.15, 0.2) is 11.5 Å². The lowest BCUT2D eigenvalue weighted by Crippen LogP contribution is -2.14. The Bertz CT molecular complexity index is 1280. The molecule has 0 spiro atoms. The standard InChI is InChI=1S/C24H21N3O5S/c1-3-32-21-13-17(19(27(29)30)14-20(21)31-2)24(28)25-16-10-8-15(9-11-16)12-23-26-18-6-4-5-7-22(18)33-23/h4-11,13-14H,3,12H2,1-2H3,(H,25,28). The molecule has 0 fully saturated rings. The minimum atomic E-state index is -0.617. The number of fused-ring (bicyclic) bond motifs is 1. The molecule has 0 atom stereocenters. The minimum absolute atomic E-state index is 0.109. The lowest BCUT2D eigenvalue weighted by molar-refractivity contribution is -0.385. The maximum absolute atomic E-state index is 12.9. The molecular weight excluding hydrogens is 442 g/mol. The Morgan fingerprint density at radius 3 is 2.55 bits per heavy atom. The molecule has 3 aromatic carbocycles. The maximum atomic E-state index is 12.9. The Morgan fingerprint density at radius 2 is 1.88 bits per heavy atom. The molecule has 9 heteroatoms. The molecule has 0 unspecified atom stereocenters. The summed E-state index contributed by atoms with van der Waals surface area (Å²) < 4.78 is 11.8. The summed E-state index contributed by atoms with van der Waals surface area (Å²) in [5, 5.41) is 15.2. The van der Waals surface area contributed by atoms with Gasteiger partial charge >= 0.3 is 0 Å². The predicted molar refractivity (Wildman–Crippen MR) is 128 cm³/mol. The van der Waals surface area contributed by atoms with Gasteiger partial charge in [-0.2, -0.15) is 0 Å². The van der Waals surface area contributed by atoms with Crippen molar-refractivity contribution in [2.75, 3.05) is 19.0 Å². The molecule has 0 aliphatic rings. The van der Waals surface area contributed by atoms with Crippen LogP contribution in [0.5, 0.6) is 11.5 Å². The third kappa shape index (κ3) is 4.93. The SMILES string of the molecule is CCOc1cc(C(=O)Nc2ccc(Cc3nc4ccccc4s3)cc2)c([N+](=O)[O-])cc1OC. The molecule has 4 aromatic rings. The average molecular weight is 464 g/mol. The topological polar surface area (TPSA) is 104 Å². The highest BCUT2D eigenvalue weighted by Crippen LogP contribution is 2.35. The van der Waals surface area contributed by atoms with E-state index in [4.69, 9.17) is 9.47 Å². The molecule has 1 N–H and O–H groups in total. The Labute approximate surface area is 194 Å². The Balaban J connectivity index is 1.52. The van der Waals surface area contributed by atoms with Crippen LogP contribution in [-0.4, -0.2) is 29.5 Å². The van der Waals surface area contributed by atoms with Crippen LogP contribution in [0.15, 0.2) is 60.7 Å². The molecule has 0 radical (unpaired) electrons. The highest BCUT2D eigenvalue weighted by atomic mass is 32.1. The molecule has 0 aliphatic carbocycles. The summed E-state index contributed by atoms with van der Waals surface area (Å²) in [7, 11) is 1.39. The summed E-state index contributed by atoms with van der Waals surface area (Å²) in [6.45, 7) is 2.10. The number of amides is 1. The van der Waals surface area contributed by atoms with E-state index in [0.717, 1.165) is 20.8 Å². The second-order valence-corrected chi connectivity index (χ2v) is 8.23. The number of ether oxygens (including phenoxy) is 2. The zero-order valence-corrected chi connectivity index (χ0v) is 18.8. The average Bonchev–Trinajstić information content (AvgIpc) is 3.22. The van der Waals surface area contributed by atoms with E-state index in [0.29, 0.717) is 18.7 Å². The number of hydrogen-bond acceptors (Lipinski definition) is 7. The Morgan fingerprint density at radius 1 is 1.12 bits per heavy atom. The number of nitrogens with one attached hydrogen (secondary N) is 1. The molecule has 168 valence electrons. The number of rotatable bonds is 8. The van der Waals surface area contributed by atoms with Gasteiger partial charge in [-0.15, -0.1) is 11.3 Å². The molecule has 4 rings (SSSR count). The summed E-state index contributed by atoms with van der Waals surface area (Å²) in [4.78, 5) is 28.4. The second-order valence-electron chi connectivity index (χ2n) is 7.11. The van der Waals surface area contributed by atoms with E-state index in [-0.39, 0.29) is 22.7 Å². The summed E-state index contributed by atoms with van der Waals surface area (Å²) >= 11 is 1.65. The number of nitrogens with zero attached hydrogens (tertiary/aromatic N) is 2. The fourth-order valence-electron chi connectivity index (χ4n) is 3.38. The van der Waals surface area contributed by atoms with Crippen molar-refractivity contribution in [1.29, 1.82) is 0 Å². The Kier molecular flexibility index (Phi) is 6.50. The first-order valence-electron chi connectivity index (χ1n) is 10.2. The van der Waals surface area contributed by atoms with Gasteiger partial charge in [-0.3, -0.25) is 14.9 Å². The number of carbonyl (C=O) groups excluding carboxylic acids is 1. The first-order valence-corrected chi connectivity index (χ1v) is 11.0. The highest BCUT2D eigenvalue weighted by Gasteiger charge is 2.25. The third-order valence-electron chi connectivity index (χ3n) is 4.93. The summed E-state index contributed by atoms with van der Waals surface area (Å²) in [6, 6.07) is 17.8. The molecule has 0 saturated carbocycles. The van der Waals surface area contributed by atoms with Gasteiger partial charge in [-0.05, 0) is 36.8 Å². The van der Waals surface area contributed by atoms with Crippen molar-refractivity contribution in [3.63, 3.8) is 0 Å². The van der Waals surface area contributed by atoms with Gasteiger partial charge < -0.3 is 14.8 Å². The Hall–Kier alpha value is -3.98. The molecule has 0 bridgehead atoms. The van der Waals surface area contributed by atoms with E-state index in [2.05, 4.69) is 10.3 Å². The number of nitro groups is 1. The zero-order valence-electron chi connectivity index (χ0n) is 18.0. The number of hydrogen-bond donors (Lipinski definition) is 1. The van der Waals surface area contributed by atoms with E-state index in [1.54, 1.807) is 30.4 Å². The van der Waals surface area contributed by atoms with Crippen molar-refractivity contribution in [3.05, 3.63) is 86.9 Å². The summed E-state index contributed by atoms with van der Waals surface area (Å²) in [5.74, 6) is -0.148. The van der Waals surface area contributed by atoms with Crippen LogP contribution in [0.2, 0.25) is 0 Å². The number of thiazole rings is 1. The van der Waals surface area contributed by atoms with Gasteiger partial charge in [0.2, 0.25) is 0 Å². The van der Waals surface area contributed by atoms with Crippen LogP contribution in [0.3, 0.4) is 0 Å². The van der Waals surface area contributed by atoms with Gasteiger partial charge in [-0.25, -0.2) is 4.98 Å². The molecule has 1 aromatic heterocycles. The second kappa shape index (κ2) is 9.66. The summed E-state index contributed by atoms with van der Waals surface area (Å²) in [6.07, 6.45) is 0.676.